The second-order valence-electron chi connectivity index (χ2n) is 8.12. The Bertz CT molecular complexity index is 1450. The number of ether oxygens (including phenoxy) is 1. The third kappa shape index (κ3) is 4.20. The van der Waals surface area contributed by atoms with Gasteiger partial charge in [-0.3, -0.25) is 0 Å². The van der Waals surface area contributed by atoms with Gasteiger partial charge in [0, 0.05) is 23.7 Å². The van der Waals surface area contributed by atoms with E-state index < -0.39 is 16.1 Å². The van der Waals surface area contributed by atoms with Crippen molar-refractivity contribution in [3.63, 3.8) is 0 Å². The van der Waals surface area contributed by atoms with Crippen molar-refractivity contribution in [2.24, 2.45) is 5.10 Å². The van der Waals surface area contributed by atoms with Crippen LogP contribution in [0, 0.1) is 0 Å². The Morgan fingerprint density at radius 2 is 1.65 bits per heavy atom. The van der Waals surface area contributed by atoms with Gasteiger partial charge in [-0.25, -0.2) is 13.1 Å². The molecular formula is C26H24N4O3S. The lowest BCUT2D eigenvalue weighted by Gasteiger charge is -2.21. The van der Waals surface area contributed by atoms with Crippen molar-refractivity contribution < 1.29 is 13.2 Å². The highest BCUT2D eigenvalue weighted by atomic mass is 32.2. The molecule has 4 aromatic rings. The molecule has 0 fully saturated rings. The van der Waals surface area contributed by atoms with Crippen molar-refractivity contribution in [1.82, 2.24) is 14.2 Å². The molecule has 0 saturated carbocycles. The molecule has 3 aromatic carbocycles. The molecule has 172 valence electrons. The lowest BCUT2D eigenvalue weighted by Crippen LogP contribution is -2.25. The second-order valence-corrected chi connectivity index (χ2v) is 9.96. The summed E-state index contributed by atoms with van der Waals surface area (Å²) >= 11 is 0. The fraction of sp³-hybridized carbons (Fsp3) is 0.154. The first kappa shape index (κ1) is 21.9. The zero-order valence-electron chi connectivity index (χ0n) is 18.9. The summed E-state index contributed by atoms with van der Waals surface area (Å²) in [5.41, 5.74) is 4.81. The van der Waals surface area contributed by atoms with E-state index in [2.05, 4.69) is 5.10 Å². The van der Waals surface area contributed by atoms with Gasteiger partial charge in [0.15, 0.2) is 0 Å². The van der Waals surface area contributed by atoms with Crippen LogP contribution in [0.25, 0.3) is 16.9 Å². The average molecular weight is 473 g/mol. The van der Waals surface area contributed by atoms with Gasteiger partial charge < -0.3 is 4.74 Å². The molecule has 1 aromatic heterocycles. The van der Waals surface area contributed by atoms with E-state index in [1.165, 1.54) is 10.7 Å². The van der Waals surface area contributed by atoms with Crippen LogP contribution in [0.3, 0.4) is 0 Å². The van der Waals surface area contributed by atoms with Gasteiger partial charge in [0.25, 0.3) is 0 Å². The van der Waals surface area contributed by atoms with Crippen LogP contribution in [0.2, 0.25) is 0 Å². The van der Waals surface area contributed by atoms with Crippen molar-refractivity contribution in [3.05, 3.63) is 102 Å². The number of aromatic nitrogens is 2. The summed E-state index contributed by atoms with van der Waals surface area (Å²) in [6.45, 7) is 0. The van der Waals surface area contributed by atoms with E-state index in [0.717, 1.165) is 22.4 Å². The molecule has 34 heavy (non-hydrogen) atoms. The molecule has 0 amide bonds. The maximum absolute atomic E-state index is 12.6. The van der Waals surface area contributed by atoms with E-state index >= 15 is 0 Å². The summed E-state index contributed by atoms with van der Waals surface area (Å²) in [5.74, 6) is 0.714. The first-order valence-corrected chi connectivity index (χ1v) is 12.7. The maximum Gasteiger partial charge on any atom is 0.247 e. The Labute approximate surface area is 199 Å². The van der Waals surface area contributed by atoms with Gasteiger partial charge >= 0.3 is 0 Å². The van der Waals surface area contributed by atoms with Crippen LogP contribution >= 0.6 is 0 Å². The number of sulfonamides is 1. The lowest BCUT2D eigenvalue weighted by atomic mass is 9.97. The van der Waals surface area contributed by atoms with Crippen LogP contribution in [0.15, 0.2) is 96.2 Å². The lowest BCUT2D eigenvalue weighted by molar-refractivity contribution is 0.375. The topological polar surface area (TPSA) is 76.8 Å². The van der Waals surface area contributed by atoms with E-state index in [0.29, 0.717) is 23.6 Å². The summed E-state index contributed by atoms with van der Waals surface area (Å²) in [6.07, 6.45) is 3.54. The van der Waals surface area contributed by atoms with E-state index in [9.17, 15) is 8.42 Å². The third-order valence-electron chi connectivity index (χ3n) is 5.79. The van der Waals surface area contributed by atoms with Gasteiger partial charge in [0.05, 0.1) is 30.8 Å². The van der Waals surface area contributed by atoms with Gasteiger partial charge in [-0.2, -0.15) is 14.6 Å². The van der Waals surface area contributed by atoms with E-state index in [4.69, 9.17) is 9.84 Å². The molecule has 1 aliphatic heterocycles. The minimum Gasteiger partial charge on any atom is -0.497 e. The molecule has 1 atom stereocenters. The molecule has 5 rings (SSSR count). The van der Waals surface area contributed by atoms with E-state index in [1.807, 2.05) is 91.1 Å². The zero-order valence-corrected chi connectivity index (χ0v) is 19.7. The second kappa shape index (κ2) is 8.79. The van der Waals surface area contributed by atoms with Gasteiger partial charge in [0.2, 0.25) is 10.0 Å². The van der Waals surface area contributed by atoms with Crippen LogP contribution in [-0.4, -0.2) is 41.7 Å². The van der Waals surface area contributed by atoms with E-state index in [1.54, 1.807) is 11.8 Å². The quantitative estimate of drug-likeness (QED) is 0.409. The van der Waals surface area contributed by atoms with Crippen LogP contribution < -0.4 is 4.74 Å². The molecule has 0 unspecified atom stereocenters. The fourth-order valence-electron chi connectivity index (χ4n) is 4.16. The number of hydrazone groups is 1. The molecule has 0 spiro atoms. The molecular weight excluding hydrogens is 448 g/mol. The summed E-state index contributed by atoms with van der Waals surface area (Å²) in [4.78, 5) is 0. The molecule has 7 nitrogen and oxygen atoms in total. The number of para-hydroxylation sites is 1. The van der Waals surface area contributed by atoms with Crippen LogP contribution in [0.1, 0.15) is 23.6 Å². The van der Waals surface area contributed by atoms with Crippen molar-refractivity contribution in [1.29, 1.82) is 0 Å². The Kier molecular flexibility index (Phi) is 5.67. The molecule has 0 bridgehead atoms. The Morgan fingerprint density at radius 1 is 0.941 bits per heavy atom. The van der Waals surface area contributed by atoms with E-state index in [-0.39, 0.29) is 0 Å². The molecule has 2 heterocycles. The summed E-state index contributed by atoms with van der Waals surface area (Å²) in [6, 6.07) is 26.6. The predicted octanol–water partition coefficient (Wildman–Crippen LogP) is 4.66. The van der Waals surface area contributed by atoms with Gasteiger partial charge in [-0.05, 0) is 29.8 Å². The Balaban J connectivity index is 1.65. The number of benzene rings is 3. The number of rotatable bonds is 6. The number of hydrogen-bond acceptors (Lipinski definition) is 5. The Morgan fingerprint density at radius 3 is 2.32 bits per heavy atom. The number of nitrogens with zero attached hydrogens (tertiary/aromatic N) is 4. The molecule has 0 N–H and O–H groups in total. The first-order chi connectivity index (χ1) is 16.4. The summed E-state index contributed by atoms with van der Waals surface area (Å²) in [7, 11) is -1.95. The highest BCUT2D eigenvalue weighted by molar-refractivity contribution is 7.88. The van der Waals surface area contributed by atoms with Crippen LogP contribution in [0.5, 0.6) is 5.75 Å². The largest absolute Gasteiger partial charge is 0.497 e. The first-order valence-electron chi connectivity index (χ1n) is 10.9. The monoisotopic (exact) mass is 472 g/mol. The SMILES string of the molecule is COc1cccc(-c2nn(-c3ccccc3)cc2C2=NN(S(C)(=O)=O)[C@H](c3ccccc3)C2)c1. The molecule has 0 radical (unpaired) electrons. The van der Waals surface area contributed by atoms with Crippen molar-refractivity contribution in [2.75, 3.05) is 13.4 Å². The standard InChI is InChI=1S/C26H24N4O3S/c1-33-22-15-9-12-20(16-22)26-23(18-29(28-26)21-13-7-4-8-14-21)24-17-25(19-10-5-3-6-11-19)30(27-24)34(2,31)32/h3-16,18,25H,17H2,1-2H3/t25-/m0/s1. The highest BCUT2D eigenvalue weighted by Crippen LogP contribution is 2.37. The minimum absolute atomic E-state index is 0.413. The van der Waals surface area contributed by atoms with Gasteiger partial charge in [-0.1, -0.05) is 60.7 Å². The highest BCUT2D eigenvalue weighted by Gasteiger charge is 2.36. The number of hydrogen-bond donors (Lipinski definition) is 0. The molecule has 8 heteroatoms. The van der Waals surface area contributed by atoms with Crippen molar-refractivity contribution in [2.45, 2.75) is 12.5 Å². The maximum atomic E-state index is 12.6. The predicted molar refractivity (Wildman–Crippen MR) is 133 cm³/mol. The van der Waals surface area contributed by atoms with Crippen molar-refractivity contribution >= 4 is 15.7 Å². The normalized spacial score (nSPS) is 15.9. The molecule has 0 aliphatic carbocycles. The van der Waals surface area contributed by atoms with Crippen LogP contribution in [-0.2, 0) is 10.0 Å². The summed E-state index contributed by atoms with van der Waals surface area (Å²) in [5, 5.41) is 9.47. The average Bonchev–Trinajstić information content (AvgIpc) is 3.50. The van der Waals surface area contributed by atoms with Crippen LogP contribution in [0.4, 0.5) is 0 Å². The fourth-order valence-corrected chi connectivity index (χ4v) is 5.07. The van der Waals surface area contributed by atoms with Crippen molar-refractivity contribution in [3.8, 4) is 22.7 Å². The Hall–Kier alpha value is -3.91. The van der Waals surface area contributed by atoms with Gasteiger partial charge in [0.1, 0.15) is 11.4 Å². The third-order valence-corrected chi connectivity index (χ3v) is 6.80. The minimum atomic E-state index is -3.58. The number of methoxy groups -OCH3 is 1. The smallest absolute Gasteiger partial charge is 0.247 e. The zero-order chi connectivity index (χ0) is 23.7. The van der Waals surface area contributed by atoms with Gasteiger partial charge in [-0.15, -0.1) is 0 Å². The summed E-state index contributed by atoms with van der Waals surface area (Å²) < 4.78 is 33.7. The molecule has 0 saturated heterocycles. The molecule has 1 aliphatic rings.